The zero-order valence-corrected chi connectivity index (χ0v) is 11.6. The highest BCUT2D eigenvalue weighted by atomic mass is 19.4. The molecule has 3 aliphatic rings. The van der Waals surface area contributed by atoms with Gasteiger partial charge < -0.3 is 0 Å². The molecule has 4 atom stereocenters. The Kier molecular flexibility index (Phi) is 2.72. The monoisotopic (exact) mass is 309 g/mol. The zero-order chi connectivity index (χ0) is 15.6. The molecule has 1 aromatic carbocycles. The third-order valence-electron chi connectivity index (χ3n) is 5.36. The first-order chi connectivity index (χ1) is 10.4. The standard InChI is InChI=1S/C16H14F3NO2/c17-16(18,19)10-2-1-3-11(7-10)20-14(21)12-8-4-5-9(6-8)13(12)15(20)22/h1-3,7-9,12-13H,4-6H2/t8-,9-,12-,13-/m0/s1. The van der Waals surface area contributed by atoms with E-state index in [0.717, 1.165) is 36.3 Å². The summed E-state index contributed by atoms with van der Waals surface area (Å²) in [7, 11) is 0. The largest absolute Gasteiger partial charge is 0.416 e. The normalized spacial score (nSPS) is 33.7. The summed E-state index contributed by atoms with van der Waals surface area (Å²) < 4.78 is 38.5. The fourth-order valence-electron chi connectivity index (χ4n) is 4.48. The van der Waals surface area contributed by atoms with Crippen LogP contribution in [0.1, 0.15) is 24.8 Å². The number of hydrogen-bond acceptors (Lipinski definition) is 2. The van der Waals surface area contributed by atoms with Crippen molar-refractivity contribution in [3.05, 3.63) is 29.8 Å². The first-order valence-corrected chi connectivity index (χ1v) is 7.43. The Bertz CT molecular complexity index is 642. The smallest absolute Gasteiger partial charge is 0.274 e. The molecule has 22 heavy (non-hydrogen) atoms. The zero-order valence-electron chi connectivity index (χ0n) is 11.6. The van der Waals surface area contributed by atoms with Gasteiger partial charge in [0.2, 0.25) is 11.8 Å². The Morgan fingerprint density at radius 3 is 2.14 bits per heavy atom. The molecule has 1 aromatic rings. The molecule has 3 nitrogen and oxygen atoms in total. The fourth-order valence-corrected chi connectivity index (χ4v) is 4.48. The van der Waals surface area contributed by atoms with Crippen LogP contribution in [0, 0.1) is 23.7 Å². The Hall–Kier alpha value is -1.85. The van der Waals surface area contributed by atoms with Crippen LogP contribution in [0.5, 0.6) is 0 Å². The number of halogens is 3. The van der Waals surface area contributed by atoms with Crippen molar-refractivity contribution in [1.29, 1.82) is 0 Å². The van der Waals surface area contributed by atoms with E-state index in [1.54, 1.807) is 0 Å². The van der Waals surface area contributed by atoms with Crippen molar-refractivity contribution in [2.24, 2.45) is 23.7 Å². The molecule has 1 saturated heterocycles. The number of hydrogen-bond donors (Lipinski definition) is 0. The van der Waals surface area contributed by atoms with Gasteiger partial charge in [-0.3, -0.25) is 14.5 Å². The number of imide groups is 1. The minimum atomic E-state index is -4.49. The number of anilines is 1. The Morgan fingerprint density at radius 1 is 1.00 bits per heavy atom. The molecule has 2 bridgehead atoms. The van der Waals surface area contributed by atoms with Crippen molar-refractivity contribution in [3.63, 3.8) is 0 Å². The molecule has 2 saturated carbocycles. The van der Waals surface area contributed by atoms with E-state index in [4.69, 9.17) is 0 Å². The summed E-state index contributed by atoms with van der Waals surface area (Å²) in [5.74, 6) is -0.825. The topological polar surface area (TPSA) is 37.4 Å². The maximum atomic E-state index is 12.8. The minimum absolute atomic E-state index is 0.0404. The molecule has 4 rings (SSSR count). The lowest BCUT2D eigenvalue weighted by atomic mass is 9.81. The van der Waals surface area contributed by atoms with Crippen molar-refractivity contribution in [3.8, 4) is 0 Å². The first-order valence-electron chi connectivity index (χ1n) is 7.43. The quantitative estimate of drug-likeness (QED) is 0.747. The molecule has 0 radical (unpaired) electrons. The highest BCUT2D eigenvalue weighted by molar-refractivity contribution is 6.22. The molecular formula is C16H14F3NO2. The summed E-state index contributed by atoms with van der Waals surface area (Å²) in [5, 5.41) is 0. The Balaban J connectivity index is 1.72. The van der Waals surface area contributed by atoms with E-state index >= 15 is 0 Å². The summed E-state index contributed by atoms with van der Waals surface area (Å²) in [6, 6.07) is 4.47. The van der Waals surface area contributed by atoms with Crippen LogP contribution in [0.25, 0.3) is 0 Å². The van der Waals surface area contributed by atoms with Crippen LogP contribution in [0.4, 0.5) is 18.9 Å². The lowest BCUT2D eigenvalue weighted by Crippen LogP contribution is -2.32. The lowest BCUT2D eigenvalue weighted by molar-refractivity contribution is -0.137. The first kappa shape index (κ1) is 13.8. The van der Waals surface area contributed by atoms with Gasteiger partial charge in [0, 0.05) is 0 Å². The van der Waals surface area contributed by atoms with E-state index in [1.807, 2.05) is 0 Å². The van der Waals surface area contributed by atoms with Gasteiger partial charge in [0.05, 0.1) is 23.1 Å². The summed E-state index contributed by atoms with van der Waals surface area (Å²) in [5.41, 5.74) is -0.802. The number of amides is 2. The summed E-state index contributed by atoms with van der Waals surface area (Å²) in [4.78, 5) is 26.1. The van der Waals surface area contributed by atoms with Crippen LogP contribution in [0.15, 0.2) is 24.3 Å². The van der Waals surface area contributed by atoms with Gasteiger partial charge in [-0.25, -0.2) is 0 Å². The van der Waals surface area contributed by atoms with Crippen molar-refractivity contribution < 1.29 is 22.8 Å². The second-order valence-corrected chi connectivity index (χ2v) is 6.44. The van der Waals surface area contributed by atoms with Gasteiger partial charge in [0.25, 0.3) is 0 Å². The molecule has 0 spiro atoms. The van der Waals surface area contributed by atoms with E-state index in [2.05, 4.69) is 0 Å². The van der Waals surface area contributed by atoms with Crippen molar-refractivity contribution in [2.75, 3.05) is 4.90 Å². The third-order valence-corrected chi connectivity index (χ3v) is 5.36. The van der Waals surface area contributed by atoms with Gasteiger partial charge in [0.15, 0.2) is 0 Å². The Labute approximate surface area is 125 Å². The fraction of sp³-hybridized carbons (Fsp3) is 0.500. The van der Waals surface area contributed by atoms with Crippen LogP contribution >= 0.6 is 0 Å². The highest BCUT2D eigenvalue weighted by Gasteiger charge is 2.61. The molecule has 2 amide bonds. The third kappa shape index (κ3) is 1.76. The van der Waals surface area contributed by atoms with Gasteiger partial charge in [-0.1, -0.05) is 6.07 Å². The minimum Gasteiger partial charge on any atom is -0.274 e. The van der Waals surface area contributed by atoms with E-state index in [1.165, 1.54) is 12.1 Å². The maximum absolute atomic E-state index is 12.8. The Morgan fingerprint density at radius 2 is 1.59 bits per heavy atom. The lowest BCUT2D eigenvalue weighted by Gasteiger charge is -2.19. The molecule has 1 aliphatic heterocycles. The van der Waals surface area contributed by atoms with Gasteiger partial charge in [0.1, 0.15) is 0 Å². The second kappa shape index (κ2) is 4.33. The molecule has 0 aromatic heterocycles. The molecule has 116 valence electrons. The van der Waals surface area contributed by atoms with Gasteiger partial charge in [-0.05, 0) is 49.3 Å². The average molecular weight is 309 g/mol. The van der Waals surface area contributed by atoms with Crippen LogP contribution in [-0.4, -0.2) is 11.8 Å². The highest BCUT2D eigenvalue weighted by Crippen LogP contribution is 2.56. The van der Waals surface area contributed by atoms with E-state index in [-0.39, 0.29) is 41.2 Å². The van der Waals surface area contributed by atoms with Crippen LogP contribution in [0.3, 0.4) is 0 Å². The number of fused-ring (bicyclic) bond motifs is 5. The molecule has 0 N–H and O–H groups in total. The maximum Gasteiger partial charge on any atom is 0.416 e. The molecule has 1 heterocycles. The molecule has 3 fully saturated rings. The molecule has 0 unspecified atom stereocenters. The van der Waals surface area contributed by atoms with Gasteiger partial charge >= 0.3 is 6.18 Å². The van der Waals surface area contributed by atoms with Gasteiger partial charge in [-0.15, -0.1) is 0 Å². The van der Waals surface area contributed by atoms with E-state index < -0.39 is 11.7 Å². The van der Waals surface area contributed by atoms with Gasteiger partial charge in [-0.2, -0.15) is 13.2 Å². The van der Waals surface area contributed by atoms with Crippen molar-refractivity contribution >= 4 is 17.5 Å². The van der Waals surface area contributed by atoms with E-state index in [9.17, 15) is 22.8 Å². The number of carbonyl (C=O) groups excluding carboxylic acids is 2. The molecule has 6 heteroatoms. The molecule has 2 aliphatic carbocycles. The number of benzene rings is 1. The van der Waals surface area contributed by atoms with Crippen LogP contribution in [-0.2, 0) is 15.8 Å². The predicted molar refractivity (Wildman–Crippen MR) is 71.7 cm³/mol. The number of carbonyl (C=O) groups is 2. The number of rotatable bonds is 1. The van der Waals surface area contributed by atoms with Crippen LogP contribution < -0.4 is 4.90 Å². The molecular weight excluding hydrogens is 295 g/mol. The number of nitrogens with zero attached hydrogens (tertiary/aromatic N) is 1. The SMILES string of the molecule is O=C1[C@H]2[C@H]3CC[C@@H](C3)[C@@H]2C(=O)N1c1cccc(C(F)(F)F)c1. The average Bonchev–Trinajstić information content (AvgIpc) is 3.12. The van der Waals surface area contributed by atoms with Crippen LogP contribution in [0.2, 0.25) is 0 Å². The van der Waals surface area contributed by atoms with Crippen molar-refractivity contribution in [2.45, 2.75) is 25.4 Å². The van der Waals surface area contributed by atoms with Crippen molar-refractivity contribution in [1.82, 2.24) is 0 Å². The second-order valence-electron chi connectivity index (χ2n) is 6.44. The summed E-state index contributed by atoms with van der Waals surface area (Å²) >= 11 is 0. The predicted octanol–water partition coefficient (Wildman–Crippen LogP) is 3.24. The van der Waals surface area contributed by atoms with E-state index in [0.29, 0.717) is 0 Å². The summed E-state index contributed by atoms with van der Waals surface area (Å²) in [6.07, 6.45) is -1.69. The number of alkyl halides is 3. The summed E-state index contributed by atoms with van der Waals surface area (Å²) in [6.45, 7) is 0.